The summed E-state index contributed by atoms with van der Waals surface area (Å²) >= 11 is 0. The van der Waals surface area contributed by atoms with Gasteiger partial charge < -0.3 is 19.5 Å². The van der Waals surface area contributed by atoms with E-state index in [0.29, 0.717) is 29.4 Å². The van der Waals surface area contributed by atoms with Crippen LogP contribution < -0.4 is 19.5 Å². The van der Waals surface area contributed by atoms with Crippen molar-refractivity contribution in [2.24, 2.45) is 0 Å². The molecule has 7 nitrogen and oxygen atoms in total. The number of nitrogens with zero attached hydrogens (tertiary/aromatic N) is 2. The summed E-state index contributed by atoms with van der Waals surface area (Å²) < 4.78 is 17.8. The summed E-state index contributed by atoms with van der Waals surface area (Å²) in [4.78, 5) is 12.7. The Hall–Kier alpha value is -3.48. The quantitative estimate of drug-likeness (QED) is 0.547. The van der Waals surface area contributed by atoms with Crippen LogP contribution in [0.2, 0.25) is 0 Å². The lowest BCUT2D eigenvalue weighted by molar-refractivity contribution is 0.0949. The van der Waals surface area contributed by atoms with E-state index in [1.54, 1.807) is 19.2 Å². The van der Waals surface area contributed by atoms with Crippen molar-refractivity contribution in [1.82, 2.24) is 15.1 Å². The van der Waals surface area contributed by atoms with E-state index in [9.17, 15) is 4.79 Å². The molecule has 1 amide bonds. The van der Waals surface area contributed by atoms with Crippen molar-refractivity contribution in [2.75, 3.05) is 27.9 Å². The summed E-state index contributed by atoms with van der Waals surface area (Å²) in [6, 6.07) is 13.3. The van der Waals surface area contributed by atoms with Crippen molar-refractivity contribution >= 4 is 5.91 Å². The van der Waals surface area contributed by atoms with Crippen molar-refractivity contribution in [3.63, 3.8) is 0 Å². The molecule has 0 radical (unpaired) electrons. The lowest BCUT2D eigenvalue weighted by Crippen LogP contribution is -2.25. The minimum atomic E-state index is -0.218. The molecule has 0 saturated carbocycles. The third-order valence-corrected chi connectivity index (χ3v) is 4.88. The first-order valence-corrected chi connectivity index (χ1v) is 9.76. The van der Waals surface area contributed by atoms with Gasteiger partial charge in [-0.25, -0.2) is 4.68 Å². The highest BCUT2D eigenvalue weighted by Gasteiger charge is 2.17. The SMILES string of the molecule is COc1cc(OC)c(C(=O)NCCCc2cn(-c3ccccc3)nc2C)cc1OC. The zero-order valence-electron chi connectivity index (χ0n) is 17.8. The van der Waals surface area contributed by atoms with Crippen molar-refractivity contribution in [2.45, 2.75) is 19.8 Å². The topological polar surface area (TPSA) is 74.6 Å². The van der Waals surface area contributed by atoms with Crippen LogP contribution in [0, 0.1) is 6.92 Å². The fourth-order valence-electron chi connectivity index (χ4n) is 3.24. The van der Waals surface area contributed by atoms with E-state index in [-0.39, 0.29) is 5.91 Å². The van der Waals surface area contributed by atoms with E-state index >= 15 is 0 Å². The lowest BCUT2D eigenvalue weighted by Gasteiger charge is -2.14. The molecular formula is C23H27N3O4. The minimum Gasteiger partial charge on any atom is -0.496 e. The molecule has 2 aromatic carbocycles. The van der Waals surface area contributed by atoms with Crippen LogP contribution in [-0.4, -0.2) is 43.6 Å². The number of methoxy groups -OCH3 is 3. The number of hydrogen-bond acceptors (Lipinski definition) is 5. The van der Waals surface area contributed by atoms with Crippen LogP contribution in [0.4, 0.5) is 0 Å². The maximum absolute atomic E-state index is 12.7. The molecule has 0 unspecified atom stereocenters. The van der Waals surface area contributed by atoms with Crippen molar-refractivity contribution in [3.8, 4) is 22.9 Å². The number of carbonyl (C=O) groups is 1. The fraction of sp³-hybridized carbons (Fsp3) is 0.304. The van der Waals surface area contributed by atoms with Crippen LogP contribution in [-0.2, 0) is 6.42 Å². The molecule has 0 fully saturated rings. The molecule has 3 rings (SSSR count). The number of rotatable bonds is 9. The predicted molar refractivity (Wildman–Crippen MR) is 115 cm³/mol. The molecule has 1 heterocycles. The van der Waals surface area contributed by atoms with Gasteiger partial charge in [-0.1, -0.05) is 18.2 Å². The van der Waals surface area contributed by atoms with Gasteiger partial charge >= 0.3 is 0 Å². The molecule has 1 aromatic heterocycles. The summed E-state index contributed by atoms with van der Waals surface area (Å²) in [6.45, 7) is 2.54. The number of hydrogen-bond donors (Lipinski definition) is 1. The van der Waals surface area contributed by atoms with Gasteiger partial charge in [0.15, 0.2) is 11.5 Å². The average molecular weight is 409 g/mol. The van der Waals surface area contributed by atoms with Gasteiger partial charge in [-0.3, -0.25) is 4.79 Å². The van der Waals surface area contributed by atoms with Gasteiger partial charge in [0.2, 0.25) is 0 Å². The molecule has 0 saturated heterocycles. The Bertz CT molecular complexity index is 999. The second kappa shape index (κ2) is 9.82. The standard InChI is InChI=1S/C23H27N3O4/c1-16-17(15-26(25-16)18-10-6-5-7-11-18)9-8-12-24-23(27)19-13-21(29-3)22(30-4)14-20(19)28-2/h5-7,10-11,13-15H,8-9,12H2,1-4H3,(H,24,27). The average Bonchev–Trinajstić information content (AvgIpc) is 3.16. The number of ether oxygens (including phenoxy) is 3. The van der Waals surface area contributed by atoms with Gasteiger partial charge in [0.25, 0.3) is 5.91 Å². The first-order chi connectivity index (χ1) is 14.6. The highest BCUT2D eigenvalue weighted by molar-refractivity contribution is 5.97. The van der Waals surface area contributed by atoms with Crippen LogP contribution in [0.25, 0.3) is 5.69 Å². The Labute approximate surface area is 176 Å². The van der Waals surface area contributed by atoms with Gasteiger partial charge in [0.05, 0.1) is 38.3 Å². The highest BCUT2D eigenvalue weighted by atomic mass is 16.5. The van der Waals surface area contributed by atoms with Crippen molar-refractivity contribution in [3.05, 3.63) is 65.5 Å². The lowest BCUT2D eigenvalue weighted by atomic mass is 10.1. The van der Waals surface area contributed by atoms with Gasteiger partial charge in [0.1, 0.15) is 5.75 Å². The Morgan fingerprint density at radius 1 is 1.00 bits per heavy atom. The van der Waals surface area contributed by atoms with Gasteiger partial charge in [-0.05, 0) is 37.5 Å². The molecule has 0 aliphatic rings. The monoisotopic (exact) mass is 409 g/mol. The van der Waals surface area contributed by atoms with E-state index in [4.69, 9.17) is 14.2 Å². The van der Waals surface area contributed by atoms with E-state index in [0.717, 1.165) is 29.8 Å². The molecule has 158 valence electrons. The molecule has 30 heavy (non-hydrogen) atoms. The van der Waals surface area contributed by atoms with Crippen LogP contribution in [0.1, 0.15) is 28.0 Å². The summed E-state index contributed by atoms with van der Waals surface area (Å²) in [5.41, 5.74) is 3.59. The van der Waals surface area contributed by atoms with Crippen LogP contribution in [0.3, 0.4) is 0 Å². The minimum absolute atomic E-state index is 0.218. The van der Waals surface area contributed by atoms with E-state index < -0.39 is 0 Å². The van der Waals surface area contributed by atoms with Crippen molar-refractivity contribution in [1.29, 1.82) is 0 Å². The maximum Gasteiger partial charge on any atom is 0.255 e. The highest BCUT2D eigenvalue weighted by Crippen LogP contribution is 2.34. The molecule has 0 aliphatic heterocycles. The predicted octanol–water partition coefficient (Wildman–Crippen LogP) is 3.57. The zero-order chi connectivity index (χ0) is 21.5. The third-order valence-electron chi connectivity index (χ3n) is 4.88. The Morgan fingerprint density at radius 3 is 2.33 bits per heavy atom. The van der Waals surface area contributed by atoms with E-state index in [1.807, 2.05) is 48.1 Å². The summed E-state index contributed by atoms with van der Waals surface area (Å²) in [5, 5.41) is 7.54. The molecule has 3 aromatic rings. The van der Waals surface area contributed by atoms with Crippen LogP contribution in [0.5, 0.6) is 17.2 Å². The smallest absolute Gasteiger partial charge is 0.255 e. The molecule has 7 heteroatoms. The second-order valence-corrected chi connectivity index (χ2v) is 6.79. The molecule has 0 aliphatic carbocycles. The molecule has 1 N–H and O–H groups in total. The first kappa shape index (κ1) is 21.2. The Kier molecular flexibility index (Phi) is 6.95. The molecule has 0 bridgehead atoms. The Morgan fingerprint density at radius 2 is 1.67 bits per heavy atom. The first-order valence-electron chi connectivity index (χ1n) is 9.76. The third kappa shape index (κ3) is 4.74. The summed E-state index contributed by atoms with van der Waals surface area (Å²) in [6.07, 6.45) is 3.66. The number of nitrogens with one attached hydrogen (secondary N) is 1. The second-order valence-electron chi connectivity index (χ2n) is 6.79. The molecular weight excluding hydrogens is 382 g/mol. The molecule has 0 atom stereocenters. The summed E-state index contributed by atoms with van der Waals surface area (Å²) in [5.74, 6) is 1.21. The number of benzene rings is 2. The normalized spacial score (nSPS) is 10.5. The van der Waals surface area contributed by atoms with Gasteiger partial charge in [-0.2, -0.15) is 5.10 Å². The van der Waals surface area contributed by atoms with E-state index in [1.165, 1.54) is 14.2 Å². The fourth-order valence-corrected chi connectivity index (χ4v) is 3.24. The van der Waals surface area contributed by atoms with Crippen LogP contribution in [0.15, 0.2) is 48.7 Å². The van der Waals surface area contributed by atoms with E-state index in [2.05, 4.69) is 10.4 Å². The summed E-state index contributed by atoms with van der Waals surface area (Å²) in [7, 11) is 4.59. The number of para-hydroxylation sites is 1. The van der Waals surface area contributed by atoms with Crippen molar-refractivity contribution < 1.29 is 19.0 Å². The van der Waals surface area contributed by atoms with Crippen LogP contribution >= 0.6 is 0 Å². The number of carbonyl (C=O) groups excluding carboxylic acids is 1. The zero-order valence-corrected chi connectivity index (χ0v) is 17.8. The van der Waals surface area contributed by atoms with Gasteiger partial charge in [-0.15, -0.1) is 0 Å². The number of amides is 1. The Balaban J connectivity index is 1.60. The molecule has 0 spiro atoms. The maximum atomic E-state index is 12.7. The number of aromatic nitrogens is 2. The van der Waals surface area contributed by atoms with Gasteiger partial charge in [0, 0.05) is 24.9 Å². The largest absolute Gasteiger partial charge is 0.496 e. The number of aryl methyl sites for hydroxylation is 2.